The van der Waals surface area contributed by atoms with Crippen LogP contribution in [0.2, 0.25) is 0 Å². The Labute approximate surface area is 112 Å². The van der Waals surface area contributed by atoms with E-state index in [0.717, 1.165) is 25.1 Å². The van der Waals surface area contributed by atoms with E-state index in [4.69, 9.17) is 4.74 Å². The van der Waals surface area contributed by atoms with E-state index in [0.29, 0.717) is 12.1 Å². The maximum atomic E-state index is 5.62. The van der Waals surface area contributed by atoms with Gasteiger partial charge in [0.25, 0.3) is 0 Å². The van der Waals surface area contributed by atoms with Crippen molar-refractivity contribution in [1.29, 1.82) is 0 Å². The zero-order valence-electron chi connectivity index (χ0n) is 12.1. The second kappa shape index (κ2) is 7.46. The fourth-order valence-electron chi connectivity index (χ4n) is 3.63. The molecular weight excluding hydrogens is 224 g/mol. The van der Waals surface area contributed by atoms with Crippen molar-refractivity contribution in [3.63, 3.8) is 0 Å². The summed E-state index contributed by atoms with van der Waals surface area (Å²) < 4.78 is 5.62. The third-order valence-electron chi connectivity index (χ3n) is 4.55. The van der Waals surface area contributed by atoms with Gasteiger partial charge in [-0.3, -0.25) is 0 Å². The minimum atomic E-state index is 0.342. The Bertz CT molecular complexity index is 229. The van der Waals surface area contributed by atoms with Crippen LogP contribution in [0.1, 0.15) is 52.4 Å². The zero-order chi connectivity index (χ0) is 12.8. The summed E-state index contributed by atoms with van der Waals surface area (Å²) in [6.07, 6.45) is 8.65. The Hall–Kier alpha value is -0.120. The minimum absolute atomic E-state index is 0.342. The first kappa shape index (κ1) is 14.3. The summed E-state index contributed by atoms with van der Waals surface area (Å²) in [5.74, 6) is 0.843. The molecule has 0 aromatic heterocycles. The number of rotatable bonds is 6. The molecule has 1 heterocycles. The van der Waals surface area contributed by atoms with Crippen LogP contribution >= 0.6 is 0 Å². The Morgan fingerprint density at radius 1 is 1.22 bits per heavy atom. The summed E-state index contributed by atoms with van der Waals surface area (Å²) in [5.41, 5.74) is 0. The van der Waals surface area contributed by atoms with Gasteiger partial charge in [0.2, 0.25) is 0 Å². The van der Waals surface area contributed by atoms with E-state index >= 15 is 0 Å². The highest BCUT2D eigenvalue weighted by Crippen LogP contribution is 2.30. The first-order valence-corrected chi connectivity index (χ1v) is 7.89. The monoisotopic (exact) mass is 254 g/mol. The molecule has 2 rings (SSSR count). The summed E-state index contributed by atoms with van der Waals surface area (Å²) in [7, 11) is 0. The van der Waals surface area contributed by atoms with Gasteiger partial charge in [0.15, 0.2) is 0 Å². The lowest BCUT2D eigenvalue weighted by Crippen LogP contribution is -2.48. The van der Waals surface area contributed by atoms with Crippen molar-refractivity contribution in [2.45, 2.75) is 70.6 Å². The van der Waals surface area contributed by atoms with Crippen molar-refractivity contribution in [3.05, 3.63) is 0 Å². The quantitative estimate of drug-likeness (QED) is 0.763. The molecule has 18 heavy (non-hydrogen) atoms. The maximum absolute atomic E-state index is 5.62. The molecule has 2 aliphatic rings. The Balaban J connectivity index is 1.79. The molecule has 0 aromatic carbocycles. The number of hydrogen-bond donors (Lipinski definition) is 2. The SMILES string of the molecule is CCOC(C)CNC1CCCCC1C1CCCN1. The molecule has 1 aliphatic heterocycles. The first-order valence-electron chi connectivity index (χ1n) is 7.89. The molecule has 0 bridgehead atoms. The van der Waals surface area contributed by atoms with Crippen LogP contribution in [-0.4, -0.2) is 37.9 Å². The van der Waals surface area contributed by atoms with Gasteiger partial charge in [0, 0.05) is 25.2 Å². The predicted molar refractivity (Wildman–Crippen MR) is 75.9 cm³/mol. The lowest BCUT2D eigenvalue weighted by molar-refractivity contribution is 0.0686. The van der Waals surface area contributed by atoms with Gasteiger partial charge in [-0.2, -0.15) is 0 Å². The third-order valence-corrected chi connectivity index (χ3v) is 4.55. The molecule has 0 radical (unpaired) electrons. The fraction of sp³-hybridized carbons (Fsp3) is 1.00. The molecule has 2 N–H and O–H groups in total. The number of nitrogens with one attached hydrogen (secondary N) is 2. The van der Waals surface area contributed by atoms with Crippen molar-refractivity contribution in [2.24, 2.45) is 5.92 Å². The van der Waals surface area contributed by atoms with Gasteiger partial charge >= 0.3 is 0 Å². The van der Waals surface area contributed by atoms with Crippen LogP contribution in [0.3, 0.4) is 0 Å². The van der Waals surface area contributed by atoms with Gasteiger partial charge in [0.1, 0.15) is 0 Å². The number of ether oxygens (including phenoxy) is 1. The van der Waals surface area contributed by atoms with Crippen LogP contribution < -0.4 is 10.6 Å². The first-order chi connectivity index (χ1) is 8.81. The van der Waals surface area contributed by atoms with Crippen LogP contribution in [0.4, 0.5) is 0 Å². The van der Waals surface area contributed by atoms with E-state index in [2.05, 4.69) is 24.5 Å². The smallest absolute Gasteiger partial charge is 0.0671 e. The average molecular weight is 254 g/mol. The highest BCUT2D eigenvalue weighted by Gasteiger charge is 2.32. The lowest BCUT2D eigenvalue weighted by atomic mass is 9.79. The summed E-state index contributed by atoms with van der Waals surface area (Å²) >= 11 is 0. The van der Waals surface area contributed by atoms with E-state index < -0.39 is 0 Å². The van der Waals surface area contributed by atoms with E-state index in [1.54, 1.807) is 0 Å². The second-order valence-electron chi connectivity index (χ2n) is 5.93. The molecule has 1 saturated heterocycles. The maximum Gasteiger partial charge on any atom is 0.0671 e. The standard InChI is InChI=1S/C15H30N2O/c1-3-18-12(2)11-17-15-8-5-4-7-13(15)14-9-6-10-16-14/h12-17H,3-11H2,1-2H3. The van der Waals surface area contributed by atoms with Crippen LogP contribution in [-0.2, 0) is 4.74 Å². The van der Waals surface area contributed by atoms with Crippen LogP contribution in [0, 0.1) is 5.92 Å². The molecule has 2 fully saturated rings. The molecule has 3 heteroatoms. The normalized spacial score (nSPS) is 34.7. The topological polar surface area (TPSA) is 33.3 Å². The highest BCUT2D eigenvalue weighted by atomic mass is 16.5. The molecule has 0 aromatic rings. The molecule has 1 aliphatic carbocycles. The Morgan fingerprint density at radius 3 is 2.78 bits per heavy atom. The minimum Gasteiger partial charge on any atom is -0.377 e. The zero-order valence-corrected chi connectivity index (χ0v) is 12.1. The number of hydrogen-bond acceptors (Lipinski definition) is 3. The molecule has 3 nitrogen and oxygen atoms in total. The van der Waals surface area contributed by atoms with Crippen molar-refractivity contribution < 1.29 is 4.74 Å². The van der Waals surface area contributed by atoms with Crippen LogP contribution in [0.15, 0.2) is 0 Å². The summed E-state index contributed by atoms with van der Waals surface area (Å²) in [5, 5.41) is 7.47. The molecule has 4 unspecified atom stereocenters. The van der Waals surface area contributed by atoms with Gasteiger partial charge in [-0.1, -0.05) is 12.8 Å². The van der Waals surface area contributed by atoms with Crippen molar-refractivity contribution in [1.82, 2.24) is 10.6 Å². The Kier molecular flexibility index (Phi) is 5.93. The van der Waals surface area contributed by atoms with Gasteiger partial charge < -0.3 is 15.4 Å². The van der Waals surface area contributed by atoms with Crippen molar-refractivity contribution in [3.8, 4) is 0 Å². The van der Waals surface area contributed by atoms with Gasteiger partial charge in [-0.25, -0.2) is 0 Å². The summed E-state index contributed by atoms with van der Waals surface area (Å²) in [6, 6.07) is 1.47. The average Bonchev–Trinajstić information content (AvgIpc) is 2.91. The van der Waals surface area contributed by atoms with Crippen LogP contribution in [0.5, 0.6) is 0 Å². The lowest BCUT2D eigenvalue weighted by Gasteiger charge is -2.37. The molecule has 0 amide bonds. The van der Waals surface area contributed by atoms with Gasteiger partial charge in [-0.05, 0) is 52.0 Å². The van der Waals surface area contributed by atoms with Crippen molar-refractivity contribution in [2.75, 3.05) is 19.7 Å². The van der Waals surface area contributed by atoms with E-state index in [1.807, 2.05) is 0 Å². The van der Waals surface area contributed by atoms with E-state index in [1.165, 1.54) is 45.1 Å². The Morgan fingerprint density at radius 2 is 2.06 bits per heavy atom. The molecule has 1 saturated carbocycles. The highest BCUT2D eigenvalue weighted by molar-refractivity contribution is 4.91. The summed E-state index contributed by atoms with van der Waals surface area (Å²) in [4.78, 5) is 0. The second-order valence-corrected chi connectivity index (χ2v) is 5.93. The van der Waals surface area contributed by atoms with Gasteiger partial charge in [0.05, 0.1) is 6.10 Å². The summed E-state index contributed by atoms with van der Waals surface area (Å²) in [6.45, 7) is 7.29. The molecule has 106 valence electrons. The third kappa shape index (κ3) is 3.94. The van der Waals surface area contributed by atoms with E-state index in [-0.39, 0.29) is 0 Å². The van der Waals surface area contributed by atoms with Gasteiger partial charge in [-0.15, -0.1) is 0 Å². The fourth-order valence-corrected chi connectivity index (χ4v) is 3.63. The molecular formula is C15H30N2O. The largest absolute Gasteiger partial charge is 0.377 e. The predicted octanol–water partition coefficient (Wildman–Crippen LogP) is 2.31. The van der Waals surface area contributed by atoms with Crippen LogP contribution in [0.25, 0.3) is 0 Å². The van der Waals surface area contributed by atoms with E-state index in [9.17, 15) is 0 Å². The van der Waals surface area contributed by atoms with Crippen molar-refractivity contribution >= 4 is 0 Å². The molecule has 0 spiro atoms. The molecule has 4 atom stereocenters.